The standard InChI is InChI=1S/C23H32FN3O5S/c1-16-20(28)25-21(29)27(16)12-6-5-7-13-33(30,31)26-23(10-11-23)17-8-9-18(24)19(14-17)32-15-22(2,3)4/h5-6,8-9,14,16,26H,7,10-13,15H2,1-4H3,(H,25,28,29)/b6-5+. The lowest BCUT2D eigenvalue weighted by Gasteiger charge is -2.21. The van der Waals surface area contributed by atoms with Gasteiger partial charge in [-0.3, -0.25) is 10.1 Å². The molecule has 1 aromatic rings. The van der Waals surface area contributed by atoms with E-state index in [0.29, 0.717) is 25.0 Å². The number of nitrogens with zero attached hydrogens (tertiary/aromatic N) is 1. The number of carbonyl (C=O) groups is 2. The number of hydrogen-bond donors (Lipinski definition) is 2. The molecule has 2 N–H and O–H groups in total. The van der Waals surface area contributed by atoms with E-state index in [1.54, 1.807) is 31.2 Å². The molecule has 33 heavy (non-hydrogen) atoms. The quantitative estimate of drug-likeness (QED) is 0.395. The maximum atomic E-state index is 14.2. The molecule has 1 aromatic carbocycles. The van der Waals surface area contributed by atoms with Crippen LogP contribution < -0.4 is 14.8 Å². The van der Waals surface area contributed by atoms with Crippen molar-refractivity contribution in [3.8, 4) is 5.75 Å². The van der Waals surface area contributed by atoms with Gasteiger partial charge in [0, 0.05) is 6.54 Å². The van der Waals surface area contributed by atoms with E-state index in [1.165, 1.54) is 11.0 Å². The Balaban J connectivity index is 1.56. The fourth-order valence-corrected chi connectivity index (χ4v) is 4.96. The van der Waals surface area contributed by atoms with E-state index >= 15 is 0 Å². The van der Waals surface area contributed by atoms with E-state index in [4.69, 9.17) is 4.74 Å². The molecule has 0 spiro atoms. The maximum Gasteiger partial charge on any atom is 0.325 e. The van der Waals surface area contributed by atoms with Gasteiger partial charge in [0.1, 0.15) is 6.04 Å². The summed E-state index contributed by atoms with van der Waals surface area (Å²) in [6.45, 7) is 8.15. The molecule has 1 aliphatic heterocycles. The molecule has 1 saturated carbocycles. The lowest BCUT2D eigenvalue weighted by Crippen LogP contribution is -2.36. The Kier molecular flexibility index (Phi) is 7.18. The second-order valence-corrected chi connectivity index (χ2v) is 11.7. The van der Waals surface area contributed by atoms with E-state index in [-0.39, 0.29) is 35.8 Å². The molecule has 2 aliphatic rings. The summed E-state index contributed by atoms with van der Waals surface area (Å²) in [4.78, 5) is 24.5. The van der Waals surface area contributed by atoms with Crippen LogP contribution in [0.15, 0.2) is 30.4 Å². The smallest absolute Gasteiger partial charge is 0.325 e. The number of hydrogen-bond acceptors (Lipinski definition) is 5. The molecule has 3 rings (SSSR count). The van der Waals surface area contributed by atoms with Crippen LogP contribution in [-0.2, 0) is 20.4 Å². The van der Waals surface area contributed by atoms with Crippen LogP contribution in [0.5, 0.6) is 5.75 Å². The molecular weight excluding hydrogens is 449 g/mol. The van der Waals surface area contributed by atoms with E-state index in [9.17, 15) is 22.4 Å². The molecule has 182 valence electrons. The number of rotatable bonds is 10. The van der Waals surface area contributed by atoms with Gasteiger partial charge < -0.3 is 9.64 Å². The summed E-state index contributed by atoms with van der Waals surface area (Å²) < 4.78 is 47.9. The first kappa shape index (κ1) is 25.2. The first-order valence-electron chi connectivity index (χ1n) is 11.0. The topological polar surface area (TPSA) is 105 Å². The first-order valence-corrected chi connectivity index (χ1v) is 12.7. The normalized spacial score (nSPS) is 20.4. The van der Waals surface area contributed by atoms with Crippen molar-refractivity contribution in [1.82, 2.24) is 14.9 Å². The van der Waals surface area contributed by atoms with Crippen molar-refractivity contribution in [2.45, 2.75) is 58.5 Å². The molecule has 1 aliphatic carbocycles. The number of benzene rings is 1. The van der Waals surface area contributed by atoms with Crippen LogP contribution in [-0.4, -0.2) is 50.2 Å². The van der Waals surface area contributed by atoms with E-state index in [1.807, 2.05) is 20.8 Å². The second kappa shape index (κ2) is 9.42. The van der Waals surface area contributed by atoms with Crippen LogP contribution in [0, 0.1) is 11.2 Å². The van der Waals surface area contributed by atoms with Crippen LogP contribution in [0.4, 0.5) is 9.18 Å². The lowest BCUT2D eigenvalue weighted by molar-refractivity contribution is -0.120. The Morgan fingerprint density at radius 2 is 1.97 bits per heavy atom. The number of amides is 3. The zero-order chi connectivity index (χ0) is 24.4. The molecule has 10 heteroatoms. The minimum absolute atomic E-state index is 0.120. The van der Waals surface area contributed by atoms with Crippen molar-refractivity contribution in [1.29, 1.82) is 0 Å². The van der Waals surface area contributed by atoms with Crippen molar-refractivity contribution < 1.29 is 27.1 Å². The maximum absolute atomic E-state index is 14.2. The highest BCUT2D eigenvalue weighted by molar-refractivity contribution is 7.89. The van der Waals surface area contributed by atoms with Crippen molar-refractivity contribution in [2.75, 3.05) is 18.9 Å². The van der Waals surface area contributed by atoms with Crippen molar-refractivity contribution >= 4 is 22.0 Å². The predicted molar refractivity (Wildman–Crippen MR) is 123 cm³/mol. The number of allylic oxidation sites excluding steroid dienone is 1. The van der Waals surface area contributed by atoms with Gasteiger partial charge >= 0.3 is 6.03 Å². The van der Waals surface area contributed by atoms with Gasteiger partial charge in [0.15, 0.2) is 11.6 Å². The Morgan fingerprint density at radius 3 is 2.55 bits per heavy atom. The van der Waals surface area contributed by atoms with Crippen molar-refractivity contribution in [3.05, 3.63) is 41.7 Å². The van der Waals surface area contributed by atoms with Gasteiger partial charge in [0.2, 0.25) is 10.0 Å². The average Bonchev–Trinajstić information content (AvgIpc) is 3.43. The molecule has 1 atom stereocenters. The molecular formula is C23H32FN3O5S. The summed E-state index contributed by atoms with van der Waals surface area (Å²) in [6.07, 6.45) is 4.87. The molecule has 0 bridgehead atoms. The summed E-state index contributed by atoms with van der Waals surface area (Å²) >= 11 is 0. The molecule has 8 nitrogen and oxygen atoms in total. The van der Waals surface area contributed by atoms with Crippen LogP contribution >= 0.6 is 0 Å². The number of sulfonamides is 1. The molecule has 0 radical (unpaired) electrons. The Morgan fingerprint density at radius 1 is 1.27 bits per heavy atom. The van der Waals surface area contributed by atoms with E-state index in [0.717, 1.165) is 0 Å². The third kappa shape index (κ3) is 6.54. The minimum Gasteiger partial charge on any atom is -0.490 e. The fourth-order valence-electron chi connectivity index (χ4n) is 3.50. The summed E-state index contributed by atoms with van der Waals surface area (Å²) in [5, 5.41) is 2.23. The highest BCUT2D eigenvalue weighted by atomic mass is 32.2. The Bertz CT molecular complexity index is 1040. The van der Waals surface area contributed by atoms with Gasteiger partial charge in [-0.05, 0) is 49.3 Å². The van der Waals surface area contributed by atoms with Gasteiger partial charge in [-0.15, -0.1) is 0 Å². The molecule has 2 fully saturated rings. The van der Waals surface area contributed by atoms with Gasteiger partial charge in [0.05, 0.1) is 17.9 Å². The highest BCUT2D eigenvalue weighted by Crippen LogP contribution is 2.47. The van der Waals surface area contributed by atoms with Gasteiger partial charge in [-0.2, -0.15) is 0 Å². The molecule has 1 heterocycles. The monoisotopic (exact) mass is 481 g/mol. The Labute approximate surface area is 194 Å². The second-order valence-electron chi connectivity index (χ2n) is 9.88. The molecule has 3 amide bonds. The number of carbonyl (C=O) groups excluding carboxylic acids is 2. The average molecular weight is 482 g/mol. The van der Waals surface area contributed by atoms with E-state index in [2.05, 4.69) is 10.0 Å². The zero-order valence-corrected chi connectivity index (χ0v) is 20.3. The third-order valence-corrected chi connectivity index (χ3v) is 7.08. The third-order valence-electron chi connectivity index (χ3n) is 5.61. The van der Waals surface area contributed by atoms with E-state index < -0.39 is 33.5 Å². The number of urea groups is 1. The Hall–Kier alpha value is -2.46. The lowest BCUT2D eigenvalue weighted by atomic mass is 9.98. The van der Waals surface area contributed by atoms with Gasteiger partial charge in [-0.25, -0.2) is 22.3 Å². The SMILES string of the molecule is CC1C(=O)NC(=O)N1C/C=C/CCS(=O)(=O)NC1(c2ccc(F)c(OCC(C)(C)C)c2)CC1. The van der Waals surface area contributed by atoms with Gasteiger partial charge in [-0.1, -0.05) is 39.0 Å². The van der Waals surface area contributed by atoms with Crippen LogP contribution in [0.1, 0.15) is 52.5 Å². The number of ether oxygens (including phenoxy) is 1. The molecule has 0 aromatic heterocycles. The number of halogens is 1. The first-order chi connectivity index (χ1) is 15.3. The fraction of sp³-hybridized carbons (Fsp3) is 0.565. The number of imide groups is 1. The summed E-state index contributed by atoms with van der Waals surface area (Å²) in [5.41, 5.74) is -0.189. The van der Waals surface area contributed by atoms with Crippen LogP contribution in [0.2, 0.25) is 0 Å². The predicted octanol–water partition coefficient (Wildman–Crippen LogP) is 3.05. The number of nitrogens with one attached hydrogen (secondary N) is 2. The van der Waals surface area contributed by atoms with Crippen molar-refractivity contribution in [3.63, 3.8) is 0 Å². The largest absolute Gasteiger partial charge is 0.490 e. The molecule has 1 unspecified atom stereocenters. The van der Waals surface area contributed by atoms with Crippen molar-refractivity contribution in [2.24, 2.45) is 5.41 Å². The summed E-state index contributed by atoms with van der Waals surface area (Å²) in [7, 11) is -3.60. The van der Waals surface area contributed by atoms with Crippen LogP contribution in [0.3, 0.4) is 0 Å². The van der Waals surface area contributed by atoms with Crippen LogP contribution in [0.25, 0.3) is 0 Å². The zero-order valence-electron chi connectivity index (χ0n) is 19.5. The van der Waals surface area contributed by atoms with Gasteiger partial charge in [0.25, 0.3) is 5.91 Å². The minimum atomic E-state index is -3.60. The summed E-state index contributed by atoms with van der Waals surface area (Å²) in [5.74, 6) is -0.827. The molecule has 1 saturated heterocycles. The summed E-state index contributed by atoms with van der Waals surface area (Å²) in [6, 6.07) is 3.49. The highest BCUT2D eigenvalue weighted by Gasteiger charge is 2.47.